The first-order valence-electron chi connectivity index (χ1n) is 6.64. The van der Waals surface area contributed by atoms with Crippen LogP contribution < -0.4 is 0 Å². The molecule has 2 heterocycles. The SMILES string of the molecule is CN(C)CCn1nnnc1-c1nnnn1-c1ccc(O)cc1. The van der Waals surface area contributed by atoms with Gasteiger partial charge in [-0.1, -0.05) is 0 Å². The molecule has 0 amide bonds. The Morgan fingerprint density at radius 1 is 1.00 bits per heavy atom. The number of aromatic nitrogens is 8. The number of phenolic OH excluding ortho intramolecular Hbond substituents is 1. The second-order valence-corrected chi connectivity index (χ2v) is 4.96. The van der Waals surface area contributed by atoms with Gasteiger partial charge in [-0.05, 0) is 59.2 Å². The number of nitrogens with zero attached hydrogens (tertiary/aromatic N) is 9. The van der Waals surface area contributed by atoms with E-state index in [-0.39, 0.29) is 5.75 Å². The molecule has 0 atom stereocenters. The molecule has 0 unspecified atom stereocenters. The van der Waals surface area contributed by atoms with Crippen molar-refractivity contribution in [1.29, 1.82) is 0 Å². The van der Waals surface area contributed by atoms with E-state index in [1.807, 2.05) is 19.0 Å². The zero-order valence-electron chi connectivity index (χ0n) is 12.2. The Morgan fingerprint density at radius 3 is 2.41 bits per heavy atom. The molecule has 0 aliphatic carbocycles. The highest BCUT2D eigenvalue weighted by atomic mass is 16.3. The average Bonchev–Trinajstić information content (AvgIpc) is 3.14. The molecule has 3 rings (SSSR count). The zero-order chi connectivity index (χ0) is 15.5. The second kappa shape index (κ2) is 5.85. The van der Waals surface area contributed by atoms with E-state index in [0.717, 1.165) is 6.54 Å². The van der Waals surface area contributed by atoms with Gasteiger partial charge in [0.25, 0.3) is 0 Å². The minimum atomic E-state index is 0.175. The first-order chi connectivity index (χ1) is 10.6. The number of benzene rings is 1. The summed E-state index contributed by atoms with van der Waals surface area (Å²) < 4.78 is 3.18. The molecule has 22 heavy (non-hydrogen) atoms. The second-order valence-electron chi connectivity index (χ2n) is 4.96. The van der Waals surface area contributed by atoms with E-state index < -0.39 is 0 Å². The van der Waals surface area contributed by atoms with E-state index in [1.54, 1.807) is 28.9 Å². The van der Waals surface area contributed by atoms with Gasteiger partial charge >= 0.3 is 0 Å². The van der Waals surface area contributed by atoms with E-state index in [2.05, 4.69) is 31.1 Å². The quantitative estimate of drug-likeness (QED) is 0.676. The van der Waals surface area contributed by atoms with Crippen LogP contribution in [0, 0.1) is 0 Å². The predicted molar refractivity (Wildman–Crippen MR) is 76.2 cm³/mol. The Balaban J connectivity index is 1.95. The van der Waals surface area contributed by atoms with Gasteiger partial charge in [0.05, 0.1) is 12.2 Å². The van der Waals surface area contributed by atoms with Crippen LogP contribution in [0.5, 0.6) is 5.75 Å². The number of tetrazole rings is 2. The molecule has 1 aromatic carbocycles. The van der Waals surface area contributed by atoms with Crippen molar-refractivity contribution in [2.45, 2.75) is 6.54 Å². The summed E-state index contributed by atoms with van der Waals surface area (Å²) in [6, 6.07) is 6.55. The summed E-state index contributed by atoms with van der Waals surface area (Å²) in [7, 11) is 3.95. The summed E-state index contributed by atoms with van der Waals surface area (Å²) in [4.78, 5) is 2.04. The van der Waals surface area contributed by atoms with E-state index in [9.17, 15) is 5.11 Å². The lowest BCUT2D eigenvalue weighted by molar-refractivity contribution is 0.371. The Labute approximate surface area is 126 Å². The van der Waals surface area contributed by atoms with Gasteiger partial charge in [-0.25, -0.2) is 4.68 Å². The maximum atomic E-state index is 9.37. The monoisotopic (exact) mass is 301 g/mol. The standard InChI is InChI=1S/C12H15N9O/c1-19(2)7-8-20-11(13-15-17-20)12-14-16-18-21(12)9-3-5-10(22)6-4-9/h3-6,22H,7-8H2,1-2H3. The fourth-order valence-corrected chi connectivity index (χ4v) is 1.90. The fourth-order valence-electron chi connectivity index (χ4n) is 1.90. The van der Waals surface area contributed by atoms with Crippen LogP contribution in [0.1, 0.15) is 0 Å². The summed E-state index contributed by atoms with van der Waals surface area (Å²) in [5, 5.41) is 32.7. The van der Waals surface area contributed by atoms with Crippen LogP contribution in [-0.4, -0.2) is 71.1 Å². The van der Waals surface area contributed by atoms with Gasteiger partial charge in [0.15, 0.2) is 0 Å². The fraction of sp³-hybridized carbons (Fsp3) is 0.333. The molecule has 1 N–H and O–H groups in total. The van der Waals surface area contributed by atoms with Gasteiger partial charge in [0.1, 0.15) is 5.75 Å². The van der Waals surface area contributed by atoms with Gasteiger partial charge in [0, 0.05) is 6.54 Å². The lowest BCUT2D eigenvalue weighted by Gasteiger charge is -2.10. The molecule has 10 heteroatoms. The topological polar surface area (TPSA) is 111 Å². The third-order valence-corrected chi connectivity index (χ3v) is 3.05. The normalized spacial score (nSPS) is 11.2. The van der Waals surface area contributed by atoms with Crippen molar-refractivity contribution >= 4 is 0 Å². The summed E-state index contributed by atoms with van der Waals surface area (Å²) in [5.74, 6) is 1.10. The molecule has 0 aliphatic rings. The molecule has 0 fully saturated rings. The third-order valence-electron chi connectivity index (χ3n) is 3.05. The molecular formula is C12H15N9O. The maximum Gasteiger partial charge on any atom is 0.226 e. The van der Waals surface area contributed by atoms with Gasteiger partial charge < -0.3 is 10.0 Å². The number of aromatic hydroxyl groups is 1. The number of hydrogen-bond acceptors (Lipinski definition) is 8. The Hall–Kier alpha value is -2.88. The molecular weight excluding hydrogens is 286 g/mol. The van der Waals surface area contributed by atoms with Gasteiger partial charge in [-0.2, -0.15) is 4.68 Å². The van der Waals surface area contributed by atoms with Gasteiger partial charge in [-0.3, -0.25) is 0 Å². The van der Waals surface area contributed by atoms with Crippen LogP contribution in [0.4, 0.5) is 0 Å². The van der Waals surface area contributed by atoms with Crippen LogP contribution >= 0.6 is 0 Å². The maximum absolute atomic E-state index is 9.37. The Morgan fingerprint density at radius 2 is 1.68 bits per heavy atom. The van der Waals surface area contributed by atoms with Crippen molar-refractivity contribution in [3.8, 4) is 23.1 Å². The Bertz CT molecular complexity index is 746. The number of rotatable bonds is 5. The lowest BCUT2D eigenvalue weighted by Crippen LogP contribution is -2.20. The first-order valence-corrected chi connectivity index (χ1v) is 6.64. The van der Waals surface area contributed by atoms with E-state index in [0.29, 0.717) is 23.9 Å². The molecule has 0 saturated carbocycles. The van der Waals surface area contributed by atoms with Crippen molar-refractivity contribution in [2.75, 3.05) is 20.6 Å². The zero-order valence-corrected chi connectivity index (χ0v) is 12.2. The van der Waals surface area contributed by atoms with Crippen molar-refractivity contribution in [1.82, 2.24) is 45.3 Å². The van der Waals surface area contributed by atoms with E-state index in [1.165, 1.54) is 4.68 Å². The van der Waals surface area contributed by atoms with Crippen LogP contribution in [0.3, 0.4) is 0 Å². The van der Waals surface area contributed by atoms with Crippen LogP contribution in [0.2, 0.25) is 0 Å². The molecule has 0 spiro atoms. The molecule has 0 saturated heterocycles. The number of phenols is 1. The summed E-state index contributed by atoms with van der Waals surface area (Å²) in [5.41, 5.74) is 0.708. The summed E-state index contributed by atoms with van der Waals surface area (Å²) in [6.07, 6.45) is 0. The smallest absolute Gasteiger partial charge is 0.226 e. The molecule has 0 aliphatic heterocycles. The number of likely N-dealkylation sites (N-methyl/N-ethyl adjacent to an activating group) is 1. The molecule has 2 aromatic heterocycles. The molecule has 114 valence electrons. The van der Waals surface area contributed by atoms with Crippen molar-refractivity contribution in [3.05, 3.63) is 24.3 Å². The summed E-state index contributed by atoms with van der Waals surface area (Å²) >= 11 is 0. The minimum Gasteiger partial charge on any atom is -0.508 e. The van der Waals surface area contributed by atoms with E-state index >= 15 is 0 Å². The van der Waals surface area contributed by atoms with Crippen molar-refractivity contribution < 1.29 is 5.11 Å². The first kappa shape index (κ1) is 14.1. The molecule has 10 nitrogen and oxygen atoms in total. The minimum absolute atomic E-state index is 0.175. The largest absolute Gasteiger partial charge is 0.508 e. The van der Waals surface area contributed by atoms with Crippen molar-refractivity contribution in [3.63, 3.8) is 0 Å². The lowest BCUT2D eigenvalue weighted by atomic mass is 10.3. The third kappa shape index (κ3) is 2.76. The molecule has 0 radical (unpaired) electrons. The Kier molecular flexibility index (Phi) is 3.74. The summed E-state index contributed by atoms with van der Waals surface area (Å²) in [6.45, 7) is 1.41. The molecule has 3 aromatic rings. The van der Waals surface area contributed by atoms with Crippen LogP contribution in [0.25, 0.3) is 17.3 Å². The van der Waals surface area contributed by atoms with Crippen LogP contribution in [-0.2, 0) is 6.54 Å². The average molecular weight is 301 g/mol. The highest BCUT2D eigenvalue weighted by Gasteiger charge is 2.18. The van der Waals surface area contributed by atoms with Crippen molar-refractivity contribution in [2.24, 2.45) is 0 Å². The number of hydrogen-bond donors (Lipinski definition) is 1. The molecule has 0 bridgehead atoms. The van der Waals surface area contributed by atoms with E-state index in [4.69, 9.17) is 0 Å². The van der Waals surface area contributed by atoms with Gasteiger partial charge in [-0.15, -0.1) is 10.2 Å². The van der Waals surface area contributed by atoms with Crippen LogP contribution in [0.15, 0.2) is 24.3 Å². The highest BCUT2D eigenvalue weighted by Crippen LogP contribution is 2.18. The predicted octanol–water partition coefficient (Wildman–Crippen LogP) is -0.417. The highest BCUT2D eigenvalue weighted by molar-refractivity contribution is 5.48. The van der Waals surface area contributed by atoms with Gasteiger partial charge in [0.2, 0.25) is 11.6 Å².